The maximum Gasteiger partial charge on any atom is 0.306 e. The van der Waals surface area contributed by atoms with Gasteiger partial charge in [0.1, 0.15) is 13.2 Å². The van der Waals surface area contributed by atoms with Crippen LogP contribution in [0.5, 0.6) is 0 Å². The first-order chi connectivity index (χ1) is 34.5. The Hall–Kier alpha value is -3.67. The first-order valence-corrected chi connectivity index (χ1v) is 29.2. The predicted molar refractivity (Wildman–Crippen MR) is 302 cm³/mol. The number of hydrogen-bond acceptors (Lipinski definition) is 6. The van der Waals surface area contributed by atoms with Crippen LogP contribution in [0.1, 0.15) is 271 Å². The van der Waals surface area contributed by atoms with Gasteiger partial charge in [0.25, 0.3) is 0 Å². The molecular weight excluding hydrogens is 865 g/mol. The van der Waals surface area contributed by atoms with Gasteiger partial charge in [-0.25, -0.2) is 0 Å². The summed E-state index contributed by atoms with van der Waals surface area (Å²) in [6, 6.07) is 0. The Kier molecular flexibility index (Phi) is 54.9. The van der Waals surface area contributed by atoms with E-state index in [1.54, 1.807) is 0 Å². The molecule has 0 aliphatic rings. The number of carbonyl (C=O) groups is 3. The predicted octanol–water partition coefficient (Wildman–Crippen LogP) is 19.7. The summed E-state index contributed by atoms with van der Waals surface area (Å²) in [7, 11) is 0. The summed E-state index contributed by atoms with van der Waals surface area (Å²) in [5, 5.41) is 0. The summed E-state index contributed by atoms with van der Waals surface area (Å²) in [4.78, 5) is 38.2. The summed E-state index contributed by atoms with van der Waals surface area (Å²) >= 11 is 0. The van der Waals surface area contributed by atoms with Crippen LogP contribution in [0.15, 0.2) is 97.2 Å². The first kappa shape index (κ1) is 66.3. The van der Waals surface area contributed by atoms with Crippen LogP contribution in [-0.2, 0) is 28.6 Å². The maximum atomic E-state index is 12.8. The summed E-state index contributed by atoms with van der Waals surface area (Å²) in [6.45, 7) is 6.38. The number of unbranched alkanes of at least 4 members (excludes halogenated alkanes) is 25. The fourth-order valence-corrected chi connectivity index (χ4v) is 8.02. The van der Waals surface area contributed by atoms with E-state index in [-0.39, 0.29) is 37.5 Å². The van der Waals surface area contributed by atoms with Gasteiger partial charge in [-0.1, -0.05) is 259 Å². The quantitative estimate of drug-likeness (QED) is 0.0262. The number of esters is 3. The van der Waals surface area contributed by atoms with E-state index < -0.39 is 6.10 Å². The largest absolute Gasteiger partial charge is 0.462 e. The molecule has 0 aliphatic carbocycles. The fraction of sp³-hybridized carbons (Fsp3) is 0.703. The van der Waals surface area contributed by atoms with Crippen molar-refractivity contribution in [2.75, 3.05) is 13.2 Å². The van der Waals surface area contributed by atoms with Gasteiger partial charge in [0.15, 0.2) is 6.10 Å². The van der Waals surface area contributed by atoms with Gasteiger partial charge in [-0.05, 0) is 89.9 Å². The number of carbonyl (C=O) groups excluding carboxylic acids is 3. The normalized spacial score (nSPS) is 12.8. The minimum absolute atomic E-state index is 0.103. The molecule has 70 heavy (non-hydrogen) atoms. The van der Waals surface area contributed by atoms with Crippen LogP contribution < -0.4 is 0 Å². The molecule has 0 saturated carbocycles. The Balaban J connectivity index is 4.46. The smallest absolute Gasteiger partial charge is 0.306 e. The van der Waals surface area contributed by atoms with Gasteiger partial charge in [0.2, 0.25) is 0 Å². The highest BCUT2D eigenvalue weighted by Gasteiger charge is 2.19. The van der Waals surface area contributed by atoms with Gasteiger partial charge in [-0.3, -0.25) is 14.4 Å². The molecule has 0 aromatic heterocycles. The average molecular weight is 974 g/mol. The van der Waals surface area contributed by atoms with Crippen molar-refractivity contribution in [1.82, 2.24) is 0 Å². The Bertz CT molecular complexity index is 1400. The second-order valence-electron chi connectivity index (χ2n) is 19.1. The van der Waals surface area contributed by atoms with E-state index in [9.17, 15) is 14.4 Å². The monoisotopic (exact) mass is 973 g/mol. The lowest BCUT2D eigenvalue weighted by molar-refractivity contribution is -0.167. The molecule has 0 aromatic carbocycles. The van der Waals surface area contributed by atoms with E-state index in [0.29, 0.717) is 19.3 Å². The van der Waals surface area contributed by atoms with Crippen LogP contribution in [-0.4, -0.2) is 37.2 Å². The Morgan fingerprint density at radius 2 is 0.571 bits per heavy atom. The zero-order valence-electron chi connectivity index (χ0n) is 45.8. The van der Waals surface area contributed by atoms with Gasteiger partial charge in [-0.15, -0.1) is 0 Å². The number of rotatable bonds is 52. The highest BCUT2D eigenvalue weighted by molar-refractivity contribution is 5.71. The van der Waals surface area contributed by atoms with E-state index in [1.165, 1.54) is 116 Å². The first-order valence-electron chi connectivity index (χ1n) is 29.2. The van der Waals surface area contributed by atoms with Crippen LogP contribution in [0.2, 0.25) is 0 Å². The van der Waals surface area contributed by atoms with Gasteiger partial charge in [0, 0.05) is 19.3 Å². The molecule has 1 unspecified atom stereocenters. The molecule has 0 saturated heterocycles. The van der Waals surface area contributed by atoms with Crippen LogP contribution in [0.25, 0.3) is 0 Å². The number of hydrogen-bond donors (Lipinski definition) is 0. The second-order valence-corrected chi connectivity index (χ2v) is 19.1. The lowest BCUT2D eigenvalue weighted by Gasteiger charge is -2.18. The Morgan fingerprint density at radius 3 is 0.914 bits per heavy atom. The number of ether oxygens (including phenoxy) is 3. The molecule has 0 spiro atoms. The van der Waals surface area contributed by atoms with Gasteiger partial charge in [0.05, 0.1) is 0 Å². The van der Waals surface area contributed by atoms with Crippen molar-refractivity contribution in [3.05, 3.63) is 97.2 Å². The van der Waals surface area contributed by atoms with Crippen molar-refractivity contribution in [3.8, 4) is 0 Å². The lowest BCUT2D eigenvalue weighted by atomic mass is 10.0. The molecule has 0 rings (SSSR count). The lowest BCUT2D eigenvalue weighted by Crippen LogP contribution is -2.30. The van der Waals surface area contributed by atoms with Gasteiger partial charge in [-0.2, -0.15) is 0 Å². The highest BCUT2D eigenvalue weighted by Crippen LogP contribution is 2.16. The van der Waals surface area contributed by atoms with Crippen LogP contribution in [0.3, 0.4) is 0 Å². The average Bonchev–Trinajstić information content (AvgIpc) is 3.36. The van der Waals surface area contributed by atoms with Crippen LogP contribution in [0, 0.1) is 0 Å². The minimum Gasteiger partial charge on any atom is -0.462 e. The van der Waals surface area contributed by atoms with Crippen LogP contribution >= 0.6 is 0 Å². The van der Waals surface area contributed by atoms with Crippen molar-refractivity contribution in [3.63, 3.8) is 0 Å². The standard InChI is InChI=1S/C64H108O6/c1-4-7-10-13-16-19-22-25-28-31-32-34-36-39-42-45-48-51-54-57-63(66)69-60-61(59-68-62(65)56-53-50-47-44-41-38-35-30-27-24-21-18-15-12-9-6-3)70-64(67)58-55-52-49-46-43-40-37-33-29-26-23-20-17-14-11-8-5-2/h8-9,11-12,17-18,20-21,26-27,29-30,37,40,46,49,61H,4-7,10,13-16,19,22-25,28,31-36,38-39,41-45,47-48,50-60H2,1-3H3/b11-8-,12-9-,20-17-,21-18-,29-26-,30-27-,40-37-,49-46-. The summed E-state index contributed by atoms with van der Waals surface area (Å²) in [5.74, 6) is -0.969. The molecule has 0 aromatic rings. The van der Waals surface area contributed by atoms with E-state index in [0.717, 1.165) is 109 Å². The van der Waals surface area contributed by atoms with Crippen molar-refractivity contribution < 1.29 is 28.6 Å². The van der Waals surface area contributed by atoms with Crippen molar-refractivity contribution in [2.45, 2.75) is 277 Å². The van der Waals surface area contributed by atoms with E-state index in [1.807, 2.05) is 0 Å². The Morgan fingerprint density at radius 1 is 0.300 bits per heavy atom. The fourth-order valence-electron chi connectivity index (χ4n) is 8.02. The highest BCUT2D eigenvalue weighted by atomic mass is 16.6. The third-order valence-electron chi connectivity index (χ3n) is 12.3. The van der Waals surface area contributed by atoms with E-state index in [2.05, 4.69) is 118 Å². The van der Waals surface area contributed by atoms with E-state index in [4.69, 9.17) is 14.2 Å². The SMILES string of the molecule is CC/C=C\C/C=C\C/C=C\C/C=C\C/C=C\CCCC(=O)OC(COC(=O)CCCCCCCC/C=C\C/C=C\C/C=C\CC)COC(=O)CCCCCCCCCCCCCCCCCCCCC. The topological polar surface area (TPSA) is 78.9 Å². The van der Waals surface area contributed by atoms with Gasteiger partial charge >= 0.3 is 17.9 Å². The number of allylic oxidation sites excluding steroid dienone is 16. The molecule has 0 bridgehead atoms. The van der Waals surface area contributed by atoms with Gasteiger partial charge < -0.3 is 14.2 Å². The minimum atomic E-state index is -0.813. The summed E-state index contributed by atoms with van der Waals surface area (Å²) < 4.78 is 16.8. The van der Waals surface area contributed by atoms with Crippen molar-refractivity contribution in [2.24, 2.45) is 0 Å². The molecule has 0 radical (unpaired) electrons. The molecule has 0 amide bonds. The zero-order valence-corrected chi connectivity index (χ0v) is 45.8. The van der Waals surface area contributed by atoms with Crippen molar-refractivity contribution >= 4 is 17.9 Å². The second kappa shape index (κ2) is 57.9. The molecule has 400 valence electrons. The molecule has 6 heteroatoms. The summed E-state index contributed by atoms with van der Waals surface area (Å²) in [5.41, 5.74) is 0. The third kappa shape index (κ3) is 55.3. The molecule has 0 heterocycles. The van der Waals surface area contributed by atoms with Crippen molar-refractivity contribution in [1.29, 1.82) is 0 Å². The Labute approximate surface area is 432 Å². The van der Waals surface area contributed by atoms with Crippen LogP contribution in [0.4, 0.5) is 0 Å². The molecule has 1 atom stereocenters. The maximum absolute atomic E-state index is 12.8. The third-order valence-corrected chi connectivity index (χ3v) is 12.3. The molecule has 6 nitrogen and oxygen atoms in total. The molecule has 0 aliphatic heterocycles. The zero-order chi connectivity index (χ0) is 50.7. The molecule has 0 fully saturated rings. The molecular formula is C64H108O6. The van der Waals surface area contributed by atoms with E-state index >= 15 is 0 Å². The molecule has 0 N–H and O–H groups in total. The summed E-state index contributed by atoms with van der Waals surface area (Å²) in [6.07, 6.45) is 76.9.